The van der Waals surface area contributed by atoms with Gasteiger partial charge in [-0.2, -0.15) is 0 Å². The number of amides is 1. The Balaban J connectivity index is 2.20. The zero-order valence-corrected chi connectivity index (χ0v) is 8.80. The number of hydrogen-bond acceptors (Lipinski definition) is 4. The third-order valence-corrected chi connectivity index (χ3v) is 1.90. The number of rotatable bonds is 5. The molecular formula is C11H15NO4. The van der Waals surface area contributed by atoms with E-state index < -0.39 is 18.8 Å². The van der Waals surface area contributed by atoms with Crippen molar-refractivity contribution in [1.29, 1.82) is 0 Å². The number of ether oxygens (including phenoxy) is 1. The third kappa shape index (κ3) is 4.77. The number of benzene rings is 1. The van der Waals surface area contributed by atoms with Crippen LogP contribution in [0.25, 0.3) is 0 Å². The Morgan fingerprint density at radius 1 is 1.38 bits per heavy atom. The lowest BCUT2D eigenvalue weighted by Crippen LogP contribution is -2.28. The van der Waals surface area contributed by atoms with Crippen LogP contribution in [-0.4, -0.2) is 35.6 Å². The molecule has 0 fully saturated rings. The first-order valence-electron chi connectivity index (χ1n) is 4.96. The van der Waals surface area contributed by atoms with Crippen LogP contribution >= 0.6 is 0 Å². The summed E-state index contributed by atoms with van der Waals surface area (Å²) >= 11 is 0. The quantitative estimate of drug-likeness (QED) is 0.672. The normalized spacial score (nSPS) is 11.9. The Kier molecular flexibility index (Phi) is 5.31. The highest BCUT2D eigenvalue weighted by Gasteiger charge is 2.06. The van der Waals surface area contributed by atoms with Crippen LogP contribution in [0.5, 0.6) is 0 Å². The number of carbonyl (C=O) groups excluding carboxylic acids is 1. The molecule has 1 aromatic carbocycles. The maximum atomic E-state index is 11.1. The fourth-order valence-corrected chi connectivity index (χ4v) is 1.05. The van der Waals surface area contributed by atoms with Crippen molar-refractivity contribution in [3.05, 3.63) is 35.9 Å². The predicted octanol–water partition coefficient (Wildman–Crippen LogP) is 0.266. The van der Waals surface area contributed by atoms with Gasteiger partial charge in [-0.25, -0.2) is 4.79 Å². The molecule has 16 heavy (non-hydrogen) atoms. The summed E-state index contributed by atoms with van der Waals surface area (Å²) in [5.74, 6) is 0. The molecule has 0 aromatic heterocycles. The van der Waals surface area contributed by atoms with Crippen LogP contribution in [-0.2, 0) is 11.3 Å². The molecule has 3 N–H and O–H groups in total. The van der Waals surface area contributed by atoms with Crippen molar-refractivity contribution >= 4 is 6.09 Å². The average Bonchev–Trinajstić information content (AvgIpc) is 2.34. The van der Waals surface area contributed by atoms with E-state index in [0.717, 1.165) is 5.56 Å². The van der Waals surface area contributed by atoms with Crippen LogP contribution in [0.3, 0.4) is 0 Å². The largest absolute Gasteiger partial charge is 0.447 e. The van der Waals surface area contributed by atoms with E-state index in [0.29, 0.717) is 6.54 Å². The molecule has 1 atom stereocenters. The highest BCUT2D eigenvalue weighted by Crippen LogP contribution is 1.97. The second-order valence-corrected chi connectivity index (χ2v) is 3.27. The standard InChI is InChI=1S/C11H15NO4/c13-7-10(14)8-16-11(15)12-6-9-4-2-1-3-5-9/h1-5,10,13-14H,6-8H2,(H,12,15)/t10-/m1/s1. The topological polar surface area (TPSA) is 78.8 Å². The van der Waals surface area contributed by atoms with Crippen LogP contribution in [0.1, 0.15) is 5.56 Å². The molecule has 0 saturated heterocycles. The minimum absolute atomic E-state index is 0.211. The van der Waals surface area contributed by atoms with Gasteiger partial charge in [0.05, 0.1) is 6.61 Å². The number of nitrogens with one attached hydrogen (secondary N) is 1. The second kappa shape index (κ2) is 6.81. The Morgan fingerprint density at radius 2 is 2.06 bits per heavy atom. The van der Waals surface area contributed by atoms with Crippen LogP contribution in [0.2, 0.25) is 0 Å². The fraction of sp³-hybridized carbons (Fsp3) is 0.364. The summed E-state index contributed by atoms with van der Waals surface area (Å²) in [6.07, 6.45) is -1.64. The molecule has 5 heteroatoms. The molecule has 0 aliphatic heterocycles. The van der Waals surface area contributed by atoms with Crippen LogP contribution in [0.4, 0.5) is 4.79 Å². The molecule has 0 radical (unpaired) electrons. The minimum atomic E-state index is -1.03. The molecule has 0 unspecified atom stereocenters. The van der Waals surface area contributed by atoms with Crippen molar-refractivity contribution in [3.63, 3.8) is 0 Å². The number of aliphatic hydroxyl groups excluding tert-OH is 2. The van der Waals surface area contributed by atoms with Crippen molar-refractivity contribution in [2.75, 3.05) is 13.2 Å². The van der Waals surface area contributed by atoms with E-state index in [4.69, 9.17) is 10.2 Å². The summed E-state index contributed by atoms with van der Waals surface area (Å²) in [6, 6.07) is 9.39. The molecule has 0 aliphatic rings. The summed E-state index contributed by atoms with van der Waals surface area (Å²) in [5.41, 5.74) is 0.960. The van der Waals surface area contributed by atoms with Gasteiger partial charge in [-0.1, -0.05) is 30.3 Å². The van der Waals surface area contributed by atoms with Gasteiger partial charge in [0, 0.05) is 6.54 Å². The van der Waals surface area contributed by atoms with Crippen molar-refractivity contribution in [2.24, 2.45) is 0 Å². The first-order valence-corrected chi connectivity index (χ1v) is 4.96. The summed E-state index contributed by atoms with van der Waals surface area (Å²) < 4.78 is 4.66. The van der Waals surface area contributed by atoms with E-state index in [1.165, 1.54) is 0 Å². The Bertz CT molecular complexity index is 315. The zero-order valence-electron chi connectivity index (χ0n) is 8.80. The van der Waals surface area contributed by atoms with E-state index in [2.05, 4.69) is 10.1 Å². The van der Waals surface area contributed by atoms with Gasteiger partial charge < -0.3 is 20.3 Å². The van der Waals surface area contributed by atoms with Gasteiger partial charge in [0.15, 0.2) is 0 Å². The highest BCUT2D eigenvalue weighted by molar-refractivity contribution is 5.67. The van der Waals surface area contributed by atoms with Gasteiger partial charge in [0.1, 0.15) is 12.7 Å². The average molecular weight is 225 g/mol. The van der Waals surface area contributed by atoms with Crippen LogP contribution in [0, 0.1) is 0 Å². The maximum Gasteiger partial charge on any atom is 0.407 e. The molecule has 0 aliphatic carbocycles. The third-order valence-electron chi connectivity index (χ3n) is 1.90. The SMILES string of the molecule is O=C(NCc1ccccc1)OC[C@H](O)CO. The smallest absolute Gasteiger partial charge is 0.407 e. The molecule has 88 valence electrons. The number of carbonyl (C=O) groups is 1. The molecule has 1 rings (SSSR count). The molecule has 1 amide bonds. The molecule has 5 nitrogen and oxygen atoms in total. The molecule has 0 spiro atoms. The summed E-state index contributed by atoms with van der Waals surface area (Å²) in [7, 11) is 0. The summed E-state index contributed by atoms with van der Waals surface area (Å²) in [4.78, 5) is 11.1. The monoisotopic (exact) mass is 225 g/mol. The lowest BCUT2D eigenvalue weighted by Gasteiger charge is -2.09. The van der Waals surface area contributed by atoms with Gasteiger partial charge in [-0.3, -0.25) is 0 Å². The summed E-state index contributed by atoms with van der Waals surface area (Å²) in [5, 5.41) is 20.0. The molecule has 0 bridgehead atoms. The number of alkyl carbamates (subject to hydrolysis) is 1. The van der Waals surface area contributed by atoms with Crippen molar-refractivity contribution in [1.82, 2.24) is 5.32 Å². The van der Waals surface area contributed by atoms with E-state index >= 15 is 0 Å². The van der Waals surface area contributed by atoms with Gasteiger partial charge in [-0.05, 0) is 5.56 Å². The van der Waals surface area contributed by atoms with Gasteiger partial charge in [0.25, 0.3) is 0 Å². The first kappa shape index (κ1) is 12.5. The van der Waals surface area contributed by atoms with E-state index in [1.54, 1.807) is 0 Å². The Morgan fingerprint density at radius 3 is 2.69 bits per heavy atom. The molecule has 1 aromatic rings. The van der Waals surface area contributed by atoms with Crippen LogP contribution in [0.15, 0.2) is 30.3 Å². The predicted molar refractivity (Wildman–Crippen MR) is 57.7 cm³/mol. The lowest BCUT2D eigenvalue weighted by atomic mass is 10.2. The fourth-order valence-electron chi connectivity index (χ4n) is 1.05. The van der Waals surface area contributed by atoms with Crippen molar-refractivity contribution in [3.8, 4) is 0 Å². The summed E-state index contributed by atoms with van der Waals surface area (Å²) in [6.45, 7) is -0.266. The number of hydrogen-bond donors (Lipinski definition) is 3. The Labute approximate surface area is 93.7 Å². The van der Waals surface area contributed by atoms with Gasteiger partial charge in [0.2, 0.25) is 0 Å². The second-order valence-electron chi connectivity index (χ2n) is 3.27. The minimum Gasteiger partial charge on any atom is -0.447 e. The maximum absolute atomic E-state index is 11.1. The highest BCUT2D eigenvalue weighted by atomic mass is 16.6. The Hall–Kier alpha value is -1.59. The lowest BCUT2D eigenvalue weighted by molar-refractivity contribution is 0.0320. The van der Waals surface area contributed by atoms with Crippen LogP contribution < -0.4 is 5.32 Å². The van der Waals surface area contributed by atoms with Crippen molar-refractivity contribution < 1.29 is 19.7 Å². The van der Waals surface area contributed by atoms with E-state index in [9.17, 15) is 4.79 Å². The van der Waals surface area contributed by atoms with E-state index in [1.807, 2.05) is 30.3 Å². The molecule has 0 saturated carbocycles. The van der Waals surface area contributed by atoms with Crippen molar-refractivity contribution in [2.45, 2.75) is 12.6 Å². The van der Waals surface area contributed by atoms with Gasteiger partial charge >= 0.3 is 6.09 Å². The zero-order chi connectivity index (χ0) is 11.8. The van der Waals surface area contributed by atoms with E-state index in [-0.39, 0.29) is 6.61 Å². The molecular weight excluding hydrogens is 210 g/mol. The first-order chi connectivity index (χ1) is 7.72. The van der Waals surface area contributed by atoms with Gasteiger partial charge in [-0.15, -0.1) is 0 Å². The molecule has 0 heterocycles. The number of aliphatic hydroxyl groups is 2.